The zero-order chi connectivity index (χ0) is 14.3. The number of alkyl halides is 3. The Bertz CT molecular complexity index is 421. The molecular weight excluding hydrogens is 263 g/mol. The van der Waals surface area contributed by atoms with E-state index in [0.717, 1.165) is 11.1 Å². The van der Waals surface area contributed by atoms with Gasteiger partial charge >= 0.3 is 12.3 Å². The second kappa shape index (κ2) is 6.98. The number of hydrogen-bond donors (Lipinski definition) is 1. The molecular formula is C12H14F3NO3. The summed E-state index contributed by atoms with van der Waals surface area (Å²) >= 11 is 0. The number of alkyl carbamates (subject to hydrolysis) is 1. The molecule has 0 heterocycles. The van der Waals surface area contributed by atoms with Crippen molar-refractivity contribution in [2.45, 2.75) is 19.3 Å². The van der Waals surface area contributed by atoms with E-state index in [1.807, 2.05) is 6.07 Å². The number of hydrogen-bond acceptors (Lipinski definition) is 3. The first-order chi connectivity index (χ1) is 8.92. The third-order valence-electron chi connectivity index (χ3n) is 2.21. The summed E-state index contributed by atoms with van der Waals surface area (Å²) in [7, 11) is 1.53. The molecule has 1 N–H and O–H groups in total. The van der Waals surface area contributed by atoms with Crippen molar-refractivity contribution in [2.24, 2.45) is 0 Å². The van der Waals surface area contributed by atoms with Gasteiger partial charge in [0.15, 0.2) is 6.61 Å². The van der Waals surface area contributed by atoms with E-state index < -0.39 is 18.9 Å². The van der Waals surface area contributed by atoms with Gasteiger partial charge in [-0.25, -0.2) is 4.79 Å². The smallest absolute Gasteiger partial charge is 0.422 e. The third kappa shape index (κ3) is 6.10. The zero-order valence-electron chi connectivity index (χ0n) is 10.3. The van der Waals surface area contributed by atoms with E-state index in [-0.39, 0.29) is 6.54 Å². The number of carbonyl (C=O) groups excluding carboxylic acids is 1. The number of nitrogens with one attached hydrogen (secondary N) is 1. The van der Waals surface area contributed by atoms with Crippen LogP contribution in [0.15, 0.2) is 24.3 Å². The van der Waals surface area contributed by atoms with Crippen LogP contribution < -0.4 is 5.32 Å². The van der Waals surface area contributed by atoms with Gasteiger partial charge in [0.1, 0.15) is 0 Å². The van der Waals surface area contributed by atoms with E-state index in [9.17, 15) is 18.0 Å². The number of methoxy groups -OCH3 is 1. The number of rotatable bonds is 5. The maximum atomic E-state index is 11.8. The molecule has 1 amide bonds. The lowest BCUT2D eigenvalue weighted by molar-refractivity contribution is -0.160. The Morgan fingerprint density at radius 3 is 2.47 bits per heavy atom. The van der Waals surface area contributed by atoms with Crippen LogP contribution in [-0.2, 0) is 22.6 Å². The van der Waals surface area contributed by atoms with Crippen molar-refractivity contribution >= 4 is 6.09 Å². The molecule has 7 heteroatoms. The van der Waals surface area contributed by atoms with Gasteiger partial charge in [0.05, 0.1) is 6.61 Å². The lowest BCUT2D eigenvalue weighted by atomic mass is 10.1. The first-order valence-electron chi connectivity index (χ1n) is 5.45. The van der Waals surface area contributed by atoms with Crippen LogP contribution in [0, 0.1) is 0 Å². The minimum absolute atomic E-state index is 0.0796. The van der Waals surface area contributed by atoms with Crippen LogP contribution in [0.25, 0.3) is 0 Å². The zero-order valence-corrected chi connectivity index (χ0v) is 10.3. The van der Waals surface area contributed by atoms with Crippen molar-refractivity contribution in [3.05, 3.63) is 35.4 Å². The molecule has 0 atom stereocenters. The molecule has 1 aromatic rings. The number of benzene rings is 1. The molecule has 106 valence electrons. The quantitative estimate of drug-likeness (QED) is 0.900. The highest BCUT2D eigenvalue weighted by atomic mass is 19.4. The molecule has 0 unspecified atom stereocenters. The van der Waals surface area contributed by atoms with Crippen LogP contribution in [0.2, 0.25) is 0 Å². The van der Waals surface area contributed by atoms with Crippen LogP contribution in [0.5, 0.6) is 0 Å². The van der Waals surface area contributed by atoms with Gasteiger partial charge in [0, 0.05) is 13.7 Å². The van der Waals surface area contributed by atoms with Crippen LogP contribution in [-0.4, -0.2) is 26.0 Å². The fourth-order valence-electron chi connectivity index (χ4n) is 1.39. The lowest BCUT2D eigenvalue weighted by Crippen LogP contribution is -2.28. The molecule has 0 saturated carbocycles. The Morgan fingerprint density at radius 2 is 1.89 bits per heavy atom. The van der Waals surface area contributed by atoms with Crippen LogP contribution >= 0.6 is 0 Å². The van der Waals surface area contributed by atoms with Crippen molar-refractivity contribution in [2.75, 3.05) is 13.7 Å². The maximum absolute atomic E-state index is 11.8. The monoisotopic (exact) mass is 277 g/mol. The summed E-state index contributed by atoms with van der Waals surface area (Å²) in [6.45, 7) is -1.16. The van der Waals surface area contributed by atoms with Gasteiger partial charge in [-0.1, -0.05) is 24.3 Å². The molecule has 0 aliphatic carbocycles. The van der Waals surface area contributed by atoms with E-state index in [0.29, 0.717) is 6.61 Å². The second-order valence-corrected chi connectivity index (χ2v) is 3.75. The molecule has 0 aliphatic rings. The summed E-state index contributed by atoms with van der Waals surface area (Å²) in [5, 5.41) is 2.25. The van der Waals surface area contributed by atoms with Crippen molar-refractivity contribution in [3.63, 3.8) is 0 Å². The fourth-order valence-corrected chi connectivity index (χ4v) is 1.39. The van der Waals surface area contributed by atoms with Crippen molar-refractivity contribution in [1.29, 1.82) is 0 Å². The molecule has 0 saturated heterocycles. The van der Waals surface area contributed by atoms with Gasteiger partial charge in [-0.2, -0.15) is 13.2 Å². The summed E-state index contributed by atoms with van der Waals surface area (Å²) in [6.07, 6.45) is -5.63. The maximum Gasteiger partial charge on any atom is 0.422 e. The minimum atomic E-state index is -4.52. The Hall–Kier alpha value is -1.76. The van der Waals surface area contributed by atoms with Crippen LogP contribution in [0.1, 0.15) is 11.1 Å². The average Bonchev–Trinajstić information content (AvgIpc) is 2.35. The fraction of sp³-hybridized carbons (Fsp3) is 0.417. The SMILES string of the molecule is COCc1ccccc1CNC(=O)OCC(F)(F)F. The molecule has 0 aromatic heterocycles. The normalized spacial score (nSPS) is 11.2. The van der Waals surface area contributed by atoms with Gasteiger partial charge in [0.25, 0.3) is 0 Å². The Morgan fingerprint density at radius 1 is 1.26 bits per heavy atom. The molecule has 0 spiro atoms. The standard InChI is InChI=1S/C12H14F3NO3/c1-18-7-10-5-3-2-4-9(10)6-16-11(17)19-8-12(13,14)15/h2-5H,6-8H2,1H3,(H,16,17). The van der Waals surface area contributed by atoms with Gasteiger partial charge in [-0.3, -0.25) is 0 Å². The highest BCUT2D eigenvalue weighted by Gasteiger charge is 2.29. The van der Waals surface area contributed by atoms with Crippen molar-refractivity contribution < 1.29 is 27.4 Å². The topological polar surface area (TPSA) is 47.6 Å². The van der Waals surface area contributed by atoms with Gasteiger partial charge < -0.3 is 14.8 Å². The molecule has 0 fully saturated rings. The second-order valence-electron chi connectivity index (χ2n) is 3.75. The van der Waals surface area contributed by atoms with Crippen LogP contribution in [0.4, 0.5) is 18.0 Å². The largest absolute Gasteiger partial charge is 0.440 e. The first kappa shape index (κ1) is 15.3. The van der Waals surface area contributed by atoms with E-state index >= 15 is 0 Å². The number of halogens is 3. The minimum Gasteiger partial charge on any atom is -0.440 e. The van der Waals surface area contributed by atoms with Gasteiger partial charge in [0.2, 0.25) is 0 Å². The predicted molar refractivity (Wildman–Crippen MR) is 61.4 cm³/mol. The van der Waals surface area contributed by atoms with Crippen molar-refractivity contribution in [1.82, 2.24) is 5.32 Å². The number of carbonyl (C=O) groups is 1. The number of ether oxygens (including phenoxy) is 2. The molecule has 1 aromatic carbocycles. The molecule has 0 radical (unpaired) electrons. The Balaban J connectivity index is 2.46. The summed E-state index contributed by atoms with van der Waals surface area (Å²) in [5.41, 5.74) is 1.61. The molecule has 4 nitrogen and oxygen atoms in total. The molecule has 1 rings (SSSR count). The molecule has 0 aliphatic heterocycles. The molecule has 19 heavy (non-hydrogen) atoms. The van der Waals surface area contributed by atoms with Gasteiger partial charge in [-0.05, 0) is 11.1 Å². The first-order valence-corrected chi connectivity index (χ1v) is 5.45. The van der Waals surface area contributed by atoms with Crippen LogP contribution in [0.3, 0.4) is 0 Å². The third-order valence-corrected chi connectivity index (χ3v) is 2.21. The Labute approximate surface area is 108 Å². The van der Waals surface area contributed by atoms with E-state index in [4.69, 9.17) is 4.74 Å². The highest BCUT2D eigenvalue weighted by Crippen LogP contribution is 2.14. The van der Waals surface area contributed by atoms with Crippen molar-refractivity contribution in [3.8, 4) is 0 Å². The van der Waals surface area contributed by atoms with Gasteiger partial charge in [-0.15, -0.1) is 0 Å². The number of amides is 1. The Kier molecular flexibility index (Phi) is 5.62. The predicted octanol–water partition coefficient (Wildman–Crippen LogP) is 2.62. The summed E-state index contributed by atoms with van der Waals surface area (Å²) in [6, 6.07) is 7.12. The summed E-state index contributed by atoms with van der Waals surface area (Å²) in [5.74, 6) is 0. The van der Waals surface area contributed by atoms with E-state index in [2.05, 4.69) is 10.1 Å². The highest BCUT2D eigenvalue weighted by molar-refractivity contribution is 5.67. The van der Waals surface area contributed by atoms with E-state index in [1.165, 1.54) is 7.11 Å². The summed E-state index contributed by atoms with van der Waals surface area (Å²) < 4.78 is 44.5. The lowest BCUT2D eigenvalue weighted by Gasteiger charge is -2.11. The van der Waals surface area contributed by atoms with E-state index in [1.54, 1.807) is 18.2 Å². The molecule has 0 bridgehead atoms. The summed E-state index contributed by atoms with van der Waals surface area (Å²) in [4.78, 5) is 11.1. The average molecular weight is 277 g/mol.